The summed E-state index contributed by atoms with van der Waals surface area (Å²) >= 11 is 1.76. The first kappa shape index (κ1) is 23.1. The molecule has 1 aromatic rings. The number of anilines is 1. The van der Waals surface area contributed by atoms with E-state index in [1.807, 2.05) is 32.9 Å². The number of likely N-dealkylation sites (tertiary alicyclic amines) is 1. The fraction of sp³-hybridized carbons (Fsp3) is 0.583. The first-order valence-corrected chi connectivity index (χ1v) is 12.4. The molecule has 32 heavy (non-hydrogen) atoms. The van der Waals surface area contributed by atoms with Crippen LogP contribution in [0.2, 0.25) is 0 Å². The van der Waals surface area contributed by atoms with E-state index in [9.17, 15) is 4.39 Å². The number of nitrogens with zero attached hydrogens (tertiary/aromatic N) is 4. The van der Waals surface area contributed by atoms with Crippen LogP contribution in [0.3, 0.4) is 0 Å². The monoisotopic (exact) mass is 459 g/mol. The van der Waals surface area contributed by atoms with Crippen molar-refractivity contribution in [3.8, 4) is 0 Å². The highest BCUT2D eigenvalue weighted by molar-refractivity contribution is 8.13. The van der Waals surface area contributed by atoms with E-state index in [1.54, 1.807) is 23.9 Å². The molecule has 1 N–H and O–H groups in total. The van der Waals surface area contributed by atoms with Crippen molar-refractivity contribution < 1.29 is 9.13 Å². The number of nitrogens with one attached hydrogen (secondary N) is 1. The number of hydrogen-bond donors (Lipinski definition) is 1. The summed E-state index contributed by atoms with van der Waals surface area (Å²) in [6, 6.07) is 7.48. The Bertz CT molecular complexity index is 915. The van der Waals surface area contributed by atoms with Crippen molar-refractivity contribution in [2.75, 3.05) is 43.6 Å². The van der Waals surface area contributed by atoms with E-state index in [4.69, 9.17) is 4.74 Å². The highest BCUT2D eigenvalue weighted by Crippen LogP contribution is 2.44. The molecule has 2 saturated heterocycles. The zero-order valence-electron chi connectivity index (χ0n) is 19.5. The number of allylic oxidation sites excluding steroid dienone is 2. The Kier molecular flexibility index (Phi) is 7.10. The van der Waals surface area contributed by atoms with Gasteiger partial charge in [-0.15, -0.1) is 16.9 Å². The van der Waals surface area contributed by atoms with Crippen molar-refractivity contribution in [2.24, 2.45) is 15.6 Å². The average Bonchev–Trinajstić information content (AvgIpc) is 3.42. The fourth-order valence-electron chi connectivity index (χ4n) is 5.02. The normalized spacial score (nSPS) is 26.5. The van der Waals surface area contributed by atoms with Crippen LogP contribution in [0, 0.1) is 11.2 Å². The van der Waals surface area contributed by atoms with Crippen molar-refractivity contribution in [1.29, 1.82) is 0 Å². The van der Waals surface area contributed by atoms with E-state index >= 15 is 0 Å². The minimum atomic E-state index is -0.169. The SMILES string of the molecule is CC1=C(/C(C)=N/N=C(\C)SCCCN2CC3N(c4ccc(F)cc4)CCC3(C)C2)OCN1. The largest absolute Gasteiger partial charge is 0.470 e. The van der Waals surface area contributed by atoms with Crippen LogP contribution in [-0.4, -0.2) is 60.4 Å². The Morgan fingerprint density at radius 2 is 2.06 bits per heavy atom. The van der Waals surface area contributed by atoms with Crippen molar-refractivity contribution in [3.63, 3.8) is 0 Å². The van der Waals surface area contributed by atoms with Crippen LogP contribution in [0.25, 0.3) is 0 Å². The summed E-state index contributed by atoms with van der Waals surface area (Å²) in [6.07, 6.45) is 2.31. The third-order valence-electron chi connectivity index (χ3n) is 6.77. The van der Waals surface area contributed by atoms with Crippen molar-refractivity contribution in [3.05, 3.63) is 41.5 Å². The van der Waals surface area contributed by atoms with E-state index in [-0.39, 0.29) is 5.82 Å². The summed E-state index contributed by atoms with van der Waals surface area (Å²) in [5.41, 5.74) is 3.27. The average molecular weight is 460 g/mol. The number of fused-ring (bicyclic) bond motifs is 1. The third-order valence-corrected chi connectivity index (χ3v) is 7.76. The molecule has 0 spiro atoms. The lowest BCUT2D eigenvalue weighted by atomic mass is 9.85. The molecule has 174 valence electrons. The molecule has 2 unspecified atom stereocenters. The predicted molar refractivity (Wildman–Crippen MR) is 132 cm³/mol. The molecule has 3 heterocycles. The van der Waals surface area contributed by atoms with Gasteiger partial charge in [-0.3, -0.25) is 0 Å². The van der Waals surface area contributed by atoms with Crippen LogP contribution in [-0.2, 0) is 4.74 Å². The van der Waals surface area contributed by atoms with E-state index in [2.05, 4.69) is 32.2 Å². The molecule has 1 aromatic carbocycles. The number of thioether (sulfide) groups is 1. The quantitative estimate of drug-likeness (QED) is 0.283. The Balaban J connectivity index is 1.23. The maximum Gasteiger partial charge on any atom is 0.163 e. The number of benzene rings is 1. The second-order valence-electron chi connectivity index (χ2n) is 9.25. The molecule has 8 heteroatoms. The van der Waals surface area contributed by atoms with Gasteiger partial charge in [0.25, 0.3) is 0 Å². The summed E-state index contributed by atoms with van der Waals surface area (Å²) in [5.74, 6) is 1.66. The third kappa shape index (κ3) is 5.12. The summed E-state index contributed by atoms with van der Waals surface area (Å²) in [6.45, 7) is 13.2. The van der Waals surface area contributed by atoms with Gasteiger partial charge in [-0.05, 0) is 64.4 Å². The number of halogens is 1. The van der Waals surface area contributed by atoms with Crippen LogP contribution in [0.1, 0.15) is 40.5 Å². The van der Waals surface area contributed by atoms with Crippen LogP contribution in [0.4, 0.5) is 10.1 Å². The molecule has 6 nitrogen and oxygen atoms in total. The standard InChI is InChI=1S/C24H34FN5OS/c1-17-23(31-16-26-17)18(2)27-28-19(3)32-13-5-11-29-14-22-24(4,15-29)10-12-30(22)21-8-6-20(25)7-9-21/h6-9,22,26H,5,10-16H2,1-4H3/b27-18+,28-19+. The predicted octanol–water partition coefficient (Wildman–Crippen LogP) is 4.45. The second kappa shape index (κ2) is 9.83. The lowest BCUT2D eigenvalue weighted by Crippen LogP contribution is -2.37. The minimum Gasteiger partial charge on any atom is -0.470 e. The molecule has 0 aromatic heterocycles. The van der Waals surface area contributed by atoms with Crippen LogP contribution >= 0.6 is 11.8 Å². The van der Waals surface area contributed by atoms with Gasteiger partial charge in [-0.2, -0.15) is 5.10 Å². The first-order chi connectivity index (χ1) is 15.4. The molecule has 0 bridgehead atoms. The molecular formula is C24H34FN5OS. The Labute approximate surface area is 195 Å². The summed E-state index contributed by atoms with van der Waals surface area (Å²) in [5, 5.41) is 12.8. The molecule has 4 rings (SSSR count). The topological polar surface area (TPSA) is 52.5 Å². The van der Waals surface area contributed by atoms with Gasteiger partial charge >= 0.3 is 0 Å². The van der Waals surface area contributed by atoms with E-state index in [1.165, 1.54) is 6.42 Å². The van der Waals surface area contributed by atoms with Crippen LogP contribution in [0.5, 0.6) is 0 Å². The zero-order chi connectivity index (χ0) is 22.7. The molecule has 2 atom stereocenters. The summed E-state index contributed by atoms with van der Waals surface area (Å²) < 4.78 is 18.9. The van der Waals surface area contributed by atoms with Crippen molar-refractivity contribution in [1.82, 2.24) is 10.2 Å². The van der Waals surface area contributed by atoms with E-state index in [0.717, 1.165) is 66.3 Å². The summed E-state index contributed by atoms with van der Waals surface area (Å²) in [4.78, 5) is 5.07. The van der Waals surface area contributed by atoms with Gasteiger partial charge in [0.1, 0.15) is 11.5 Å². The van der Waals surface area contributed by atoms with Crippen LogP contribution < -0.4 is 10.2 Å². The Hall–Kier alpha value is -2.06. The highest BCUT2D eigenvalue weighted by Gasteiger charge is 2.49. The van der Waals surface area contributed by atoms with E-state index in [0.29, 0.717) is 18.2 Å². The van der Waals surface area contributed by atoms with Gasteiger partial charge < -0.3 is 19.9 Å². The molecule has 0 saturated carbocycles. The molecule has 3 aliphatic rings. The molecular weight excluding hydrogens is 425 g/mol. The van der Waals surface area contributed by atoms with Gasteiger partial charge in [0.15, 0.2) is 12.5 Å². The summed E-state index contributed by atoms with van der Waals surface area (Å²) in [7, 11) is 0. The van der Waals surface area contributed by atoms with Gasteiger partial charge in [-0.1, -0.05) is 6.92 Å². The highest BCUT2D eigenvalue weighted by atomic mass is 32.2. The van der Waals surface area contributed by atoms with E-state index < -0.39 is 0 Å². The zero-order valence-corrected chi connectivity index (χ0v) is 20.3. The van der Waals surface area contributed by atoms with Crippen molar-refractivity contribution >= 4 is 28.2 Å². The Morgan fingerprint density at radius 1 is 1.28 bits per heavy atom. The van der Waals surface area contributed by atoms with Gasteiger partial charge in [0.2, 0.25) is 0 Å². The molecule has 2 fully saturated rings. The smallest absolute Gasteiger partial charge is 0.163 e. The lowest BCUT2D eigenvalue weighted by molar-refractivity contribution is 0.250. The van der Waals surface area contributed by atoms with Crippen LogP contribution in [0.15, 0.2) is 45.9 Å². The number of hydrogen-bond acceptors (Lipinski definition) is 7. The Morgan fingerprint density at radius 3 is 2.78 bits per heavy atom. The maximum absolute atomic E-state index is 13.3. The van der Waals surface area contributed by atoms with Gasteiger partial charge in [0.05, 0.1) is 10.7 Å². The minimum absolute atomic E-state index is 0.169. The van der Waals surface area contributed by atoms with Crippen molar-refractivity contribution in [2.45, 2.75) is 46.6 Å². The van der Waals surface area contributed by atoms with Gasteiger partial charge in [-0.25, -0.2) is 4.39 Å². The second-order valence-corrected chi connectivity index (χ2v) is 10.5. The van der Waals surface area contributed by atoms with Gasteiger partial charge in [0, 0.05) is 42.5 Å². The molecule has 0 aliphatic carbocycles. The fourth-order valence-corrected chi connectivity index (χ4v) is 5.69. The number of ether oxygens (including phenoxy) is 1. The number of rotatable bonds is 7. The lowest BCUT2D eigenvalue weighted by Gasteiger charge is -2.29. The first-order valence-electron chi connectivity index (χ1n) is 11.4. The molecule has 0 radical (unpaired) electrons. The molecule has 3 aliphatic heterocycles. The maximum atomic E-state index is 13.3. The molecule has 0 amide bonds.